The van der Waals surface area contributed by atoms with Gasteiger partial charge >= 0.3 is 5.97 Å². The van der Waals surface area contributed by atoms with Crippen LogP contribution in [0.4, 0.5) is 0 Å². The Hall–Kier alpha value is -0.610. The number of carbonyl (C=O) groups is 1. The number of methoxy groups -OCH3 is 1. The van der Waals surface area contributed by atoms with Crippen LogP contribution in [-0.4, -0.2) is 37.5 Å². The number of ether oxygens (including phenoxy) is 3. The summed E-state index contributed by atoms with van der Waals surface area (Å²) in [4.78, 5) is 11.7. The Morgan fingerprint density at radius 3 is 2.29 bits per heavy atom. The molecule has 4 nitrogen and oxygen atoms in total. The molecule has 4 heteroatoms. The number of hydrogen-bond acceptors (Lipinski definition) is 4. The van der Waals surface area contributed by atoms with Gasteiger partial charge in [-0.05, 0) is 45.4 Å². The van der Waals surface area contributed by atoms with Crippen LogP contribution in [0.2, 0.25) is 0 Å². The molecule has 98 valence electrons. The van der Waals surface area contributed by atoms with Crippen LogP contribution in [0.5, 0.6) is 0 Å². The molecule has 2 rings (SSSR count). The predicted octanol–water partition coefficient (Wildman–Crippen LogP) is 1.91. The van der Waals surface area contributed by atoms with Crippen LogP contribution >= 0.6 is 0 Å². The third-order valence-electron chi connectivity index (χ3n) is 3.48. The lowest BCUT2D eigenvalue weighted by atomic mass is 10.0. The van der Waals surface area contributed by atoms with E-state index in [1.54, 1.807) is 0 Å². The van der Waals surface area contributed by atoms with Crippen LogP contribution in [0, 0.1) is 5.92 Å². The van der Waals surface area contributed by atoms with Gasteiger partial charge in [-0.2, -0.15) is 0 Å². The van der Waals surface area contributed by atoms with E-state index in [-0.39, 0.29) is 30.4 Å². The molecule has 1 aliphatic carbocycles. The summed E-state index contributed by atoms with van der Waals surface area (Å²) in [5.41, 5.74) is 0. The maximum atomic E-state index is 11.7. The van der Waals surface area contributed by atoms with E-state index in [1.807, 2.05) is 0 Å². The molecule has 1 heterocycles. The number of carbonyl (C=O) groups excluding carboxylic acids is 1. The van der Waals surface area contributed by atoms with Crippen molar-refractivity contribution in [2.24, 2.45) is 5.92 Å². The Balaban J connectivity index is 1.90. The third kappa shape index (κ3) is 3.42. The second-order valence-corrected chi connectivity index (χ2v) is 5.27. The van der Waals surface area contributed by atoms with Crippen molar-refractivity contribution in [3.63, 3.8) is 0 Å². The number of hydrogen-bond donors (Lipinski definition) is 0. The van der Waals surface area contributed by atoms with Gasteiger partial charge in [0.25, 0.3) is 0 Å². The summed E-state index contributed by atoms with van der Waals surface area (Å²) in [6.45, 7) is 4.10. The minimum atomic E-state index is -0.359. The van der Waals surface area contributed by atoms with Gasteiger partial charge in [-0.25, -0.2) is 4.79 Å². The largest absolute Gasteiger partial charge is 0.467 e. The lowest BCUT2D eigenvalue weighted by Crippen LogP contribution is -2.39. The molecule has 0 aromatic heterocycles. The molecule has 0 spiro atoms. The Morgan fingerprint density at radius 1 is 1.24 bits per heavy atom. The minimum absolute atomic E-state index is 0.124. The first kappa shape index (κ1) is 12.8. The van der Waals surface area contributed by atoms with Crippen molar-refractivity contribution in [2.75, 3.05) is 7.11 Å². The molecule has 0 bridgehead atoms. The molecule has 0 aromatic carbocycles. The van der Waals surface area contributed by atoms with E-state index in [9.17, 15) is 4.79 Å². The first-order chi connectivity index (χ1) is 8.10. The molecule has 0 N–H and O–H groups in total. The molecule has 2 aliphatic rings. The molecule has 1 aliphatic heterocycles. The molecule has 17 heavy (non-hydrogen) atoms. The van der Waals surface area contributed by atoms with E-state index in [0.717, 1.165) is 25.7 Å². The van der Waals surface area contributed by atoms with E-state index in [4.69, 9.17) is 14.2 Å². The minimum Gasteiger partial charge on any atom is -0.467 e. The van der Waals surface area contributed by atoms with Gasteiger partial charge in [0.1, 0.15) is 0 Å². The fourth-order valence-corrected chi connectivity index (χ4v) is 2.54. The van der Waals surface area contributed by atoms with Crippen molar-refractivity contribution >= 4 is 5.97 Å². The Labute approximate surface area is 103 Å². The number of rotatable bonds is 4. The van der Waals surface area contributed by atoms with Gasteiger partial charge in [-0.3, -0.25) is 0 Å². The van der Waals surface area contributed by atoms with Crippen LogP contribution in [0.25, 0.3) is 0 Å². The van der Waals surface area contributed by atoms with E-state index >= 15 is 0 Å². The lowest BCUT2D eigenvalue weighted by molar-refractivity contribution is -0.170. The predicted molar refractivity (Wildman–Crippen MR) is 62.6 cm³/mol. The van der Waals surface area contributed by atoms with Crippen LogP contribution < -0.4 is 0 Å². The fourth-order valence-electron chi connectivity index (χ4n) is 2.54. The van der Waals surface area contributed by atoms with Gasteiger partial charge in [0, 0.05) is 0 Å². The Bertz CT molecular complexity index is 265. The van der Waals surface area contributed by atoms with Gasteiger partial charge in [0.2, 0.25) is 0 Å². The SMILES string of the molecule is COC(=O)C(OC1CC(C)OC(C)C1)C1CC1. The van der Waals surface area contributed by atoms with Crippen LogP contribution in [-0.2, 0) is 19.0 Å². The zero-order chi connectivity index (χ0) is 12.4. The second-order valence-electron chi connectivity index (χ2n) is 5.27. The standard InChI is InChI=1S/C13H22O4/c1-8-6-11(7-9(2)16-8)17-12(10-4-5-10)13(14)15-3/h8-12H,4-7H2,1-3H3. The van der Waals surface area contributed by atoms with Crippen LogP contribution in [0.3, 0.4) is 0 Å². The van der Waals surface area contributed by atoms with Gasteiger partial charge in [0.15, 0.2) is 6.10 Å². The summed E-state index contributed by atoms with van der Waals surface area (Å²) in [6.07, 6.45) is 4.07. The quantitative estimate of drug-likeness (QED) is 0.706. The van der Waals surface area contributed by atoms with Crippen LogP contribution in [0.15, 0.2) is 0 Å². The highest BCUT2D eigenvalue weighted by molar-refractivity contribution is 5.75. The molecule has 3 unspecified atom stereocenters. The van der Waals surface area contributed by atoms with E-state index < -0.39 is 0 Å². The fraction of sp³-hybridized carbons (Fsp3) is 0.923. The normalized spacial score (nSPS) is 35.4. The highest BCUT2D eigenvalue weighted by Gasteiger charge is 2.40. The molecule has 1 saturated carbocycles. The molecule has 0 radical (unpaired) electrons. The summed E-state index contributed by atoms with van der Waals surface area (Å²) < 4.78 is 16.4. The van der Waals surface area contributed by atoms with Crippen LogP contribution in [0.1, 0.15) is 39.5 Å². The molecule has 0 aromatic rings. The van der Waals surface area contributed by atoms with Gasteiger partial charge in [-0.1, -0.05) is 0 Å². The van der Waals surface area contributed by atoms with E-state index in [2.05, 4.69) is 13.8 Å². The molecular weight excluding hydrogens is 220 g/mol. The zero-order valence-corrected chi connectivity index (χ0v) is 10.8. The summed E-state index contributed by atoms with van der Waals surface area (Å²) in [7, 11) is 1.43. The van der Waals surface area contributed by atoms with Crippen molar-refractivity contribution in [3.05, 3.63) is 0 Å². The first-order valence-electron chi connectivity index (χ1n) is 6.49. The average molecular weight is 242 g/mol. The van der Waals surface area contributed by atoms with Crippen molar-refractivity contribution < 1.29 is 19.0 Å². The van der Waals surface area contributed by atoms with Crippen molar-refractivity contribution in [1.29, 1.82) is 0 Å². The summed E-state index contributed by atoms with van der Waals surface area (Å²) in [6, 6.07) is 0. The topological polar surface area (TPSA) is 44.8 Å². The summed E-state index contributed by atoms with van der Waals surface area (Å²) in [5, 5.41) is 0. The highest BCUT2D eigenvalue weighted by Crippen LogP contribution is 2.36. The van der Waals surface area contributed by atoms with Gasteiger partial charge in [-0.15, -0.1) is 0 Å². The second kappa shape index (κ2) is 5.36. The van der Waals surface area contributed by atoms with Crippen molar-refractivity contribution in [3.8, 4) is 0 Å². The average Bonchev–Trinajstić information content (AvgIpc) is 3.07. The summed E-state index contributed by atoms with van der Waals surface area (Å²) >= 11 is 0. The maximum absolute atomic E-state index is 11.7. The van der Waals surface area contributed by atoms with E-state index in [1.165, 1.54) is 7.11 Å². The van der Waals surface area contributed by atoms with Crippen molar-refractivity contribution in [2.45, 2.75) is 63.9 Å². The molecule has 3 atom stereocenters. The van der Waals surface area contributed by atoms with E-state index in [0.29, 0.717) is 5.92 Å². The van der Waals surface area contributed by atoms with Gasteiger partial charge in [0.05, 0.1) is 25.4 Å². The monoisotopic (exact) mass is 242 g/mol. The zero-order valence-electron chi connectivity index (χ0n) is 10.8. The Morgan fingerprint density at radius 2 is 1.82 bits per heavy atom. The first-order valence-corrected chi connectivity index (χ1v) is 6.49. The summed E-state index contributed by atoms with van der Waals surface area (Å²) in [5.74, 6) is 0.148. The maximum Gasteiger partial charge on any atom is 0.335 e. The molecular formula is C13H22O4. The van der Waals surface area contributed by atoms with Crippen molar-refractivity contribution in [1.82, 2.24) is 0 Å². The molecule has 2 fully saturated rings. The Kier molecular flexibility index (Phi) is 4.05. The molecule has 0 amide bonds. The number of esters is 1. The lowest BCUT2D eigenvalue weighted by Gasteiger charge is -2.33. The van der Waals surface area contributed by atoms with Gasteiger partial charge < -0.3 is 14.2 Å². The molecule has 1 saturated heterocycles. The highest BCUT2D eigenvalue weighted by atomic mass is 16.6. The third-order valence-corrected chi connectivity index (χ3v) is 3.48. The smallest absolute Gasteiger partial charge is 0.335 e.